The van der Waals surface area contributed by atoms with E-state index >= 15 is 0 Å². The molecule has 2 aromatic rings. The van der Waals surface area contributed by atoms with Gasteiger partial charge in [0.05, 0.1) is 18.2 Å². The van der Waals surface area contributed by atoms with Crippen LogP contribution in [0.1, 0.15) is 35.2 Å². The number of hydrogen-bond donors (Lipinski definition) is 1. The van der Waals surface area contributed by atoms with Gasteiger partial charge in [0, 0.05) is 12.5 Å². The Hall–Kier alpha value is -3.59. The molecular formula is C21H19NO5. The molecule has 0 fully saturated rings. The second-order valence-electron chi connectivity index (χ2n) is 5.62. The fourth-order valence-electron chi connectivity index (χ4n) is 2.16. The van der Waals surface area contributed by atoms with Gasteiger partial charge in [0.25, 0.3) is 0 Å². The van der Waals surface area contributed by atoms with Gasteiger partial charge in [-0.2, -0.15) is 5.26 Å². The lowest BCUT2D eigenvalue weighted by Gasteiger charge is -2.07. The first kappa shape index (κ1) is 19.7. The Morgan fingerprint density at radius 1 is 1.00 bits per heavy atom. The van der Waals surface area contributed by atoms with E-state index in [1.807, 2.05) is 0 Å². The van der Waals surface area contributed by atoms with E-state index < -0.39 is 11.9 Å². The monoisotopic (exact) mass is 365 g/mol. The minimum Gasteiger partial charge on any atom is -0.494 e. The third kappa shape index (κ3) is 7.04. The number of esters is 1. The molecule has 2 aromatic carbocycles. The molecule has 0 aromatic heterocycles. The van der Waals surface area contributed by atoms with Gasteiger partial charge in [0.2, 0.25) is 0 Å². The molecule has 138 valence electrons. The predicted molar refractivity (Wildman–Crippen MR) is 99.5 cm³/mol. The SMILES string of the molecule is N#CCCCCOc1ccc(C(=O)Oc2ccc(C=CC(=O)O)cc2)cc1. The van der Waals surface area contributed by atoms with Gasteiger partial charge in [-0.25, -0.2) is 9.59 Å². The number of carbonyl (C=O) groups excluding carboxylic acids is 1. The molecule has 0 unspecified atom stereocenters. The third-order valence-corrected chi connectivity index (χ3v) is 3.55. The van der Waals surface area contributed by atoms with Gasteiger partial charge in [-0.1, -0.05) is 12.1 Å². The van der Waals surface area contributed by atoms with Crippen LogP contribution in [-0.2, 0) is 4.79 Å². The average Bonchev–Trinajstić information content (AvgIpc) is 2.67. The Bertz CT molecular complexity index is 832. The number of unbranched alkanes of at least 4 members (excludes halogenated alkanes) is 2. The molecular weight excluding hydrogens is 346 g/mol. The molecule has 0 aliphatic heterocycles. The maximum atomic E-state index is 12.2. The molecule has 1 N–H and O–H groups in total. The zero-order chi connectivity index (χ0) is 19.5. The highest BCUT2D eigenvalue weighted by Gasteiger charge is 2.08. The van der Waals surface area contributed by atoms with Crippen LogP contribution in [0.4, 0.5) is 0 Å². The van der Waals surface area contributed by atoms with Crippen LogP contribution in [0.5, 0.6) is 11.5 Å². The smallest absolute Gasteiger partial charge is 0.343 e. The predicted octanol–water partition coefficient (Wildman–Crippen LogP) is 4.08. The highest BCUT2D eigenvalue weighted by atomic mass is 16.5. The van der Waals surface area contributed by atoms with Gasteiger partial charge in [0.1, 0.15) is 11.5 Å². The quantitative estimate of drug-likeness (QED) is 0.311. The Morgan fingerprint density at radius 3 is 2.30 bits per heavy atom. The van der Waals surface area contributed by atoms with Crippen molar-refractivity contribution in [2.45, 2.75) is 19.3 Å². The van der Waals surface area contributed by atoms with Crippen molar-refractivity contribution in [3.8, 4) is 17.6 Å². The molecule has 0 aliphatic carbocycles. The van der Waals surface area contributed by atoms with Gasteiger partial charge in [0.15, 0.2) is 0 Å². The molecule has 0 saturated heterocycles. The number of rotatable bonds is 9. The minimum absolute atomic E-state index is 0.366. The van der Waals surface area contributed by atoms with Crippen LogP contribution in [0.15, 0.2) is 54.6 Å². The van der Waals surface area contributed by atoms with Crippen molar-refractivity contribution in [2.75, 3.05) is 6.61 Å². The van der Waals surface area contributed by atoms with Crippen LogP contribution in [0, 0.1) is 11.3 Å². The summed E-state index contributed by atoms with van der Waals surface area (Å²) in [6, 6.07) is 15.2. The molecule has 27 heavy (non-hydrogen) atoms. The summed E-state index contributed by atoms with van der Waals surface area (Å²) in [6.45, 7) is 0.522. The Labute approximate surface area is 157 Å². The van der Waals surface area contributed by atoms with Crippen LogP contribution < -0.4 is 9.47 Å². The minimum atomic E-state index is -1.03. The van der Waals surface area contributed by atoms with Crippen molar-refractivity contribution in [1.82, 2.24) is 0 Å². The summed E-state index contributed by atoms with van der Waals surface area (Å²) in [5, 5.41) is 17.1. The number of carbonyl (C=O) groups is 2. The van der Waals surface area contributed by atoms with Crippen molar-refractivity contribution in [3.63, 3.8) is 0 Å². The lowest BCUT2D eigenvalue weighted by molar-refractivity contribution is -0.131. The van der Waals surface area contributed by atoms with Crippen LogP contribution in [-0.4, -0.2) is 23.7 Å². The fourth-order valence-corrected chi connectivity index (χ4v) is 2.16. The van der Waals surface area contributed by atoms with E-state index in [2.05, 4.69) is 6.07 Å². The first-order valence-corrected chi connectivity index (χ1v) is 8.41. The largest absolute Gasteiger partial charge is 0.494 e. The molecule has 0 heterocycles. The van der Waals surface area contributed by atoms with Crippen LogP contribution in [0.3, 0.4) is 0 Å². The molecule has 0 aliphatic rings. The molecule has 0 saturated carbocycles. The molecule has 0 radical (unpaired) electrons. The van der Waals surface area contributed by atoms with Crippen molar-refractivity contribution < 1.29 is 24.2 Å². The molecule has 0 bridgehead atoms. The van der Waals surface area contributed by atoms with Crippen LogP contribution >= 0.6 is 0 Å². The summed E-state index contributed by atoms with van der Waals surface area (Å²) < 4.78 is 10.8. The summed E-state index contributed by atoms with van der Waals surface area (Å²) in [5.74, 6) is -0.507. The number of nitriles is 1. The molecule has 6 nitrogen and oxygen atoms in total. The zero-order valence-electron chi connectivity index (χ0n) is 14.6. The number of nitrogens with zero attached hydrogens (tertiary/aromatic N) is 1. The Kier molecular flexibility index (Phi) is 7.61. The van der Waals surface area contributed by atoms with Crippen LogP contribution in [0.25, 0.3) is 6.08 Å². The lowest BCUT2D eigenvalue weighted by Crippen LogP contribution is -2.08. The van der Waals surface area contributed by atoms with E-state index in [1.165, 1.54) is 6.08 Å². The van der Waals surface area contributed by atoms with E-state index in [4.69, 9.17) is 19.8 Å². The van der Waals surface area contributed by atoms with E-state index in [-0.39, 0.29) is 0 Å². The number of carboxylic acids is 1. The fraction of sp³-hybridized carbons (Fsp3) is 0.190. The molecule has 0 amide bonds. The summed E-state index contributed by atoms with van der Waals surface area (Å²) in [6.07, 6.45) is 4.60. The molecule has 2 rings (SSSR count). The summed E-state index contributed by atoms with van der Waals surface area (Å²) in [7, 11) is 0. The topological polar surface area (TPSA) is 96.6 Å². The summed E-state index contributed by atoms with van der Waals surface area (Å²) >= 11 is 0. The third-order valence-electron chi connectivity index (χ3n) is 3.55. The van der Waals surface area contributed by atoms with Crippen LogP contribution in [0.2, 0.25) is 0 Å². The van der Waals surface area contributed by atoms with Gasteiger partial charge >= 0.3 is 11.9 Å². The lowest BCUT2D eigenvalue weighted by atomic mass is 10.2. The average molecular weight is 365 g/mol. The molecule has 6 heteroatoms. The maximum absolute atomic E-state index is 12.2. The molecule has 0 spiro atoms. The summed E-state index contributed by atoms with van der Waals surface area (Å²) in [5.41, 5.74) is 1.08. The number of hydrogen-bond acceptors (Lipinski definition) is 5. The van der Waals surface area contributed by atoms with E-state index in [0.29, 0.717) is 35.7 Å². The number of benzene rings is 2. The van der Waals surface area contributed by atoms with E-state index in [9.17, 15) is 9.59 Å². The van der Waals surface area contributed by atoms with E-state index in [1.54, 1.807) is 48.5 Å². The van der Waals surface area contributed by atoms with E-state index in [0.717, 1.165) is 18.9 Å². The Balaban J connectivity index is 1.86. The van der Waals surface area contributed by atoms with Gasteiger partial charge in [-0.3, -0.25) is 0 Å². The maximum Gasteiger partial charge on any atom is 0.343 e. The highest BCUT2D eigenvalue weighted by Crippen LogP contribution is 2.17. The normalized spacial score (nSPS) is 10.3. The highest BCUT2D eigenvalue weighted by molar-refractivity contribution is 5.91. The summed E-state index contributed by atoms with van der Waals surface area (Å²) in [4.78, 5) is 22.7. The van der Waals surface area contributed by atoms with Gasteiger partial charge in [-0.05, 0) is 60.9 Å². The Morgan fingerprint density at radius 2 is 1.67 bits per heavy atom. The van der Waals surface area contributed by atoms with Gasteiger partial charge in [-0.15, -0.1) is 0 Å². The van der Waals surface area contributed by atoms with Crippen molar-refractivity contribution in [2.24, 2.45) is 0 Å². The number of ether oxygens (including phenoxy) is 2. The first-order chi connectivity index (χ1) is 13.1. The number of carboxylic acid groups (broad SMARTS) is 1. The second-order valence-corrected chi connectivity index (χ2v) is 5.62. The number of aliphatic carboxylic acids is 1. The standard InChI is InChI=1S/C21H19NO5/c22-14-2-1-3-15-26-18-11-7-17(8-12-18)21(25)27-19-9-4-16(5-10-19)6-13-20(23)24/h4-13H,1-3,15H2,(H,23,24). The molecule has 0 atom stereocenters. The van der Waals surface area contributed by atoms with Crippen molar-refractivity contribution in [3.05, 3.63) is 65.7 Å². The first-order valence-electron chi connectivity index (χ1n) is 8.41. The van der Waals surface area contributed by atoms with Crippen molar-refractivity contribution >= 4 is 18.0 Å². The second kappa shape index (κ2) is 10.4. The van der Waals surface area contributed by atoms with Gasteiger partial charge < -0.3 is 14.6 Å². The zero-order valence-corrected chi connectivity index (χ0v) is 14.6. The van der Waals surface area contributed by atoms with Crippen molar-refractivity contribution in [1.29, 1.82) is 5.26 Å².